The molecule has 0 atom stereocenters. The van der Waals surface area contributed by atoms with Crippen LogP contribution in [0.3, 0.4) is 0 Å². The van der Waals surface area contributed by atoms with E-state index in [1.165, 1.54) is 0 Å². The van der Waals surface area contributed by atoms with Crippen LogP contribution in [0.25, 0.3) is 0 Å². The van der Waals surface area contributed by atoms with Crippen molar-refractivity contribution in [2.24, 2.45) is 0 Å². The maximum Gasteiger partial charge on any atom is 0.232 e. The van der Waals surface area contributed by atoms with Crippen molar-refractivity contribution >= 4 is 28.5 Å². The number of hydrogen-bond donors (Lipinski definition) is 1. The minimum Gasteiger partial charge on any atom is -0.394 e. The molecule has 11 heavy (non-hydrogen) atoms. The summed E-state index contributed by atoms with van der Waals surface area (Å²) in [6.45, 7) is 3.65. The number of hydrogen-bond acceptors (Lipinski definition) is 2. The second-order valence-corrected chi connectivity index (χ2v) is 3.82. The molecule has 0 bridgehead atoms. The van der Waals surface area contributed by atoms with E-state index >= 15 is 0 Å². The Hall–Kier alpha value is 0.160. The number of amides is 1. The van der Waals surface area contributed by atoms with Gasteiger partial charge in [0.25, 0.3) is 0 Å². The quantitative estimate of drug-likeness (QED) is 0.605. The van der Waals surface area contributed by atoms with Crippen LogP contribution in [0, 0.1) is 0 Å². The van der Waals surface area contributed by atoms with Crippen molar-refractivity contribution in [1.29, 1.82) is 0 Å². The number of carbonyl (C=O) groups excluding carboxylic acids is 1. The highest BCUT2D eigenvalue weighted by molar-refractivity contribution is 14.1. The standard InChI is InChI=1S/C7H14INO2/c1-7(2,5-10)9(3)6(11)4-8/h10H,4-5H2,1-3H3. The largest absolute Gasteiger partial charge is 0.394 e. The molecule has 0 aliphatic heterocycles. The van der Waals surface area contributed by atoms with E-state index in [2.05, 4.69) is 0 Å². The highest BCUT2D eigenvalue weighted by Gasteiger charge is 2.25. The predicted molar refractivity (Wildman–Crippen MR) is 52.8 cm³/mol. The molecule has 0 aromatic carbocycles. The van der Waals surface area contributed by atoms with Gasteiger partial charge in [0.05, 0.1) is 16.6 Å². The number of likely N-dealkylation sites (N-methyl/N-ethyl adjacent to an activating group) is 1. The minimum absolute atomic E-state index is 0.00806. The van der Waals surface area contributed by atoms with Crippen LogP contribution in [0.15, 0.2) is 0 Å². The van der Waals surface area contributed by atoms with E-state index in [1.54, 1.807) is 11.9 Å². The van der Waals surface area contributed by atoms with Crippen molar-refractivity contribution in [3.63, 3.8) is 0 Å². The number of nitrogens with zero attached hydrogens (tertiary/aromatic N) is 1. The van der Waals surface area contributed by atoms with Crippen LogP contribution in [0.5, 0.6) is 0 Å². The molecule has 4 heteroatoms. The number of rotatable bonds is 3. The van der Waals surface area contributed by atoms with E-state index in [0.29, 0.717) is 4.43 Å². The molecule has 3 nitrogen and oxygen atoms in total. The number of aliphatic hydroxyl groups excluding tert-OH is 1. The van der Waals surface area contributed by atoms with Crippen molar-refractivity contribution in [2.45, 2.75) is 19.4 Å². The Kier molecular flexibility index (Phi) is 4.31. The van der Waals surface area contributed by atoms with Crippen molar-refractivity contribution < 1.29 is 9.90 Å². The average molecular weight is 271 g/mol. The monoisotopic (exact) mass is 271 g/mol. The molecular weight excluding hydrogens is 257 g/mol. The van der Waals surface area contributed by atoms with Crippen molar-refractivity contribution in [3.05, 3.63) is 0 Å². The van der Waals surface area contributed by atoms with Gasteiger partial charge in [0.2, 0.25) is 5.91 Å². The third-order valence-electron chi connectivity index (χ3n) is 1.78. The number of carbonyl (C=O) groups is 1. The summed E-state index contributed by atoms with van der Waals surface area (Å²) < 4.78 is 0.456. The first-order chi connectivity index (χ1) is 4.95. The lowest BCUT2D eigenvalue weighted by molar-refractivity contribution is -0.132. The zero-order valence-electron chi connectivity index (χ0n) is 7.09. The van der Waals surface area contributed by atoms with Crippen LogP contribution in [0.1, 0.15) is 13.8 Å². The molecule has 0 heterocycles. The summed E-state index contributed by atoms with van der Waals surface area (Å²) in [6.07, 6.45) is 0. The molecule has 1 N–H and O–H groups in total. The molecule has 0 spiro atoms. The summed E-state index contributed by atoms with van der Waals surface area (Å²) in [6, 6.07) is 0. The lowest BCUT2D eigenvalue weighted by Crippen LogP contribution is -2.48. The number of halogens is 1. The Balaban J connectivity index is 4.22. The fourth-order valence-electron chi connectivity index (χ4n) is 0.533. The van der Waals surface area contributed by atoms with Crippen LogP contribution in [-0.4, -0.2) is 39.5 Å². The van der Waals surface area contributed by atoms with E-state index in [-0.39, 0.29) is 12.5 Å². The average Bonchev–Trinajstić information content (AvgIpc) is 2.01. The summed E-state index contributed by atoms with van der Waals surface area (Å²) in [5, 5.41) is 8.91. The molecule has 0 saturated heterocycles. The van der Waals surface area contributed by atoms with Gasteiger partial charge in [-0.2, -0.15) is 0 Å². The second kappa shape index (κ2) is 4.25. The predicted octanol–water partition coefficient (Wildman–Crippen LogP) is 0.651. The fraction of sp³-hybridized carbons (Fsp3) is 0.857. The summed E-state index contributed by atoms with van der Waals surface area (Å²) in [4.78, 5) is 12.7. The lowest BCUT2D eigenvalue weighted by Gasteiger charge is -2.33. The lowest BCUT2D eigenvalue weighted by atomic mass is 10.1. The Morgan fingerprint density at radius 2 is 2.09 bits per heavy atom. The van der Waals surface area contributed by atoms with Crippen molar-refractivity contribution in [2.75, 3.05) is 18.1 Å². The zero-order chi connectivity index (χ0) is 9.07. The van der Waals surface area contributed by atoms with Gasteiger partial charge in [-0.15, -0.1) is 0 Å². The fourth-order valence-corrected chi connectivity index (χ4v) is 1.04. The smallest absolute Gasteiger partial charge is 0.232 e. The Bertz CT molecular complexity index is 147. The molecule has 66 valence electrons. The number of alkyl halides is 1. The van der Waals surface area contributed by atoms with Crippen molar-refractivity contribution in [3.8, 4) is 0 Å². The first-order valence-electron chi connectivity index (χ1n) is 3.39. The third kappa shape index (κ3) is 2.94. The maximum absolute atomic E-state index is 11.1. The van der Waals surface area contributed by atoms with Gasteiger partial charge in [-0.25, -0.2) is 0 Å². The Morgan fingerprint density at radius 1 is 1.64 bits per heavy atom. The first kappa shape index (κ1) is 11.2. The van der Waals surface area contributed by atoms with Gasteiger partial charge in [-0.1, -0.05) is 22.6 Å². The van der Waals surface area contributed by atoms with Gasteiger partial charge in [0.1, 0.15) is 0 Å². The molecule has 0 rings (SSSR count). The molecule has 0 radical (unpaired) electrons. The molecule has 0 aromatic heterocycles. The summed E-state index contributed by atoms with van der Waals surface area (Å²) in [5.41, 5.74) is -0.442. The van der Waals surface area contributed by atoms with Gasteiger partial charge >= 0.3 is 0 Å². The Labute approximate surface area is 80.9 Å². The zero-order valence-corrected chi connectivity index (χ0v) is 9.25. The summed E-state index contributed by atoms with van der Waals surface area (Å²) >= 11 is 2.01. The molecule has 1 amide bonds. The highest BCUT2D eigenvalue weighted by atomic mass is 127. The van der Waals surface area contributed by atoms with E-state index < -0.39 is 5.54 Å². The van der Waals surface area contributed by atoms with Gasteiger partial charge < -0.3 is 10.0 Å². The molecule has 0 aliphatic rings. The van der Waals surface area contributed by atoms with Gasteiger partial charge in [0, 0.05) is 7.05 Å². The summed E-state index contributed by atoms with van der Waals surface area (Å²) in [7, 11) is 1.71. The molecule has 0 aromatic rings. The van der Waals surface area contributed by atoms with Crippen LogP contribution in [0.4, 0.5) is 0 Å². The van der Waals surface area contributed by atoms with E-state index in [0.717, 1.165) is 0 Å². The van der Waals surface area contributed by atoms with E-state index in [4.69, 9.17) is 5.11 Å². The molecule has 0 unspecified atom stereocenters. The SMILES string of the molecule is CN(C(=O)CI)C(C)(C)CO. The third-order valence-corrected chi connectivity index (χ3v) is 2.44. The van der Waals surface area contributed by atoms with Gasteiger partial charge in [-0.3, -0.25) is 4.79 Å². The van der Waals surface area contributed by atoms with Crippen LogP contribution >= 0.6 is 22.6 Å². The van der Waals surface area contributed by atoms with Crippen LogP contribution < -0.4 is 0 Å². The first-order valence-corrected chi connectivity index (χ1v) is 4.91. The van der Waals surface area contributed by atoms with Crippen LogP contribution in [0.2, 0.25) is 0 Å². The minimum atomic E-state index is -0.442. The summed E-state index contributed by atoms with van der Waals surface area (Å²) in [5.74, 6) is 0.0460. The van der Waals surface area contributed by atoms with Gasteiger partial charge in [0.15, 0.2) is 0 Å². The van der Waals surface area contributed by atoms with Crippen LogP contribution in [-0.2, 0) is 4.79 Å². The molecule has 0 fully saturated rings. The molecular formula is C7H14INO2. The van der Waals surface area contributed by atoms with Gasteiger partial charge in [-0.05, 0) is 13.8 Å². The van der Waals surface area contributed by atoms with E-state index in [9.17, 15) is 4.79 Å². The highest BCUT2D eigenvalue weighted by Crippen LogP contribution is 2.11. The normalized spacial score (nSPS) is 11.4. The van der Waals surface area contributed by atoms with E-state index in [1.807, 2.05) is 36.4 Å². The number of aliphatic hydroxyl groups is 1. The maximum atomic E-state index is 11.1. The molecule has 0 saturated carbocycles. The second-order valence-electron chi connectivity index (χ2n) is 3.06. The Morgan fingerprint density at radius 3 is 2.36 bits per heavy atom. The molecule has 0 aliphatic carbocycles. The van der Waals surface area contributed by atoms with Crippen molar-refractivity contribution in [1.82, 2.24) is 4.90 Å². The topological polar surface area (TPSA) is 40.5 Å².